The molecule has 1 heterocycles. The van der Waals surface area contributed by atoms with Crippen LogP contribution >= 0.6 is 0 Å². The summed E-state index contributed by atoms with van der Waals surface area (Å²) in [7, 11) is 0. The summed E-state index contributed by atoms with van der Waals surface area (Å²) in [6.07, 6.45) is 1.61. The van der Waals surface area contributed by atoms with Crippen LogP contribution in [0.2, 0.25) is 0 Å². The molecule has 1 rings (SSSR count). The van der Waals surface area contributed by atoms with E-state index in [1.54, 1.807) is 12.3 Å². The van der Waals surface area contributed by atoms with Crippen molar-refractivity contribution in [1.82, 2.24) is 15.4 Å². The second-order valence-electron chi connectivity index (χ2n) is 3.44. The standard InChI is InChI=1S/C8H14N4/c1-6(2)8(3,9)7-4-5-10-12-11-7/h4-6H,9H2,1-3H3. The second-order valence-corrected chi connectivity index (χ2v) is 3.44. The third-order valence-corrected chi connectivity index (χ3v) is 2.25. The fraction of sp³-hybridized carbons (Fsp3) is 0.625. The molecule has 1 unspecified atom stereocenters. The Bertz CT molecular complexity index is 242. The molecular weight excluding hydrogens is 152 g/mol. The van der Waals surface area contributed by atoms with Crippen LogP contribution < -0.4 is 5.73 Å². The van der Waals surface area contributed by atoms with E-state index in [0.29, 0.717) is 5.92 Å². The molecule has 0 aromatic carbocycles. The van der Waals surface area contributed by atoms with Crippen molar-refractivity contribution in [2.75, 3.05) is 0 Å². The first-order valence-corrected chi connectivity index (χ1v) is 3.99. The van der Waals surface area contributed by atoms with Gasteiger partial charge in [-0.25, -0.2) is 0 Å². The molecule has 0 amide bonds. The first-order valence-electron chi connectivity index (χ1n) is 3.99. The van der Waals surface area contributed by atoms with E-state index in [1.807, 2.05) is 6.92 Å². The highest BCUT2D eigenvalue weighted by molar-refractivity contribution is 5.10. The normalized spacial score (nSPS) is 16.1. The molecule has 0 aliphatic carbocycles. The van der Waals surface area contributed by atoms with Crippen LogP contribution in [0.4, 0.5) is 0 Å². The summed E-state index contributed by atoms with van der Waals surface area (Å²) in [6.45, 7) is 6.06. The highest BCUT2D eigenvalue weighted by atomic mass is 15.3. The number of aromatic nitrogens is 3. The van der Waals surface area contributed by atoms with E-state index >= 15 is 0 Å². The van der Waals surface area contributed by atoms with E-state index in [9.17, 15) is 0 Å². The zero-order valence-electron chi connectivity index (χ0n) is 7.65. The van der Waals surface area contributed by atoms with Crippen LogP contribution in [-0.2, 0) is 5.54 Å². The highest BCUT2D eigenvalue weighted by Crippen LogP contribution is 2.22. The molecule has 0 saturated heterocycles. The molecule has 0 saturated carbocycles. The van der Waals surface area contributed by atoms with Gasteiger partial charge in [0.15, 0.2) is 0 Å². The van der Waals surface area contributed by atoms with Crippen LogP contribution in [0.1, 0.15) is 26.5 Å². The zero-order valence-corrected chi connectivity index (χ0v) is 7.65. The predicted octanol–water partition coefficient (Wildman–Crippen LogP) is 0.701. The van der Waals surface area contributed by atoms with Crippen LogP contribution in [0.15, 0.2) is 12.3 Å². The minimum atomic E-state index is -0.421. The van der Waals surface area contributed by atoms with Gasteiger partial charge in [0, 0.05) is 0 Å². The zero-order chi connectivity index (χ0) is 9.19. The molecule has 0 aliphatic rings. The quantitative estimate of drug-likeness (QED) is 0.702. The first kappa shape index (κ1) is 9.06. The van der Waals surface area contributed by atoms with Gasteiger partial charge in [-0.2, -0.15) is 0 Å². The van der Waals surface area contributed by atoms with Gasteiger partial charge in [0.25, 0.3) is 0 Å². The summed E-state index contributed by atoms with van der Waals surface area (Å²) in [6, 6.07) is 1.80. The van der Waals surface area contributed by atoms with E-state index in [-0.39, 0.29) is 0 Å². The summed E-state index contributed by atoms with van der Waals surface area (Å²) < 4.78 is 0. The third-order valence-electron chi connectivity index (χ3n) is 2.25. The summed E-state index contributed by atoms with van der Waals surface area (Å²) in [5.74, 6) is 0.328. The highest BCUT2D eigenvalue weighted by Gasteiger charge is 2.26. The van der Waals surface area contributed by atoms with Crippen molar-refractivity contribution in [2.45, 2.75) is 26.3 Å². The Morgan fingerprint density at radius 3 is 2.58 bits per heavy atom. The molecule has 0 radical (unpaired) electrons. The number of hydrogen-bond donors (Lipinski definition) is 1. The van der Waals surface area contributed by atoms with E-state index in [0.717, 1.165) is 5.69 Å². The average molecular weight is 166 g/mol. The molecule has 0 bridgehead atoms. The summed E-state index contributed by atoms with van der Waals surface area (Å²) >= 11 is 0. The number of nitrogens with two attached hydrogens (primary N) is 1. The fourth-order valence-electron chi connectivity index (χ4n) is 0.824. The fourth-order valence-corrected chi connectivity index (χ4v) is 0.824. The minimum absolute atomic E-state index is 0.328. The van der Waals surface area contributed by atoms with Gasteiger partial charge < -0.3 is 5.73 Å². The van der Waals surface area contributed by atoms with Crippen LogP contribution in [0.5, 0.6) is 0 Å². The number of nitrogens with zero attached hydrogens (tertiary/aromatic N) is 3. The number of hydrogen-bond acceptors (Lipinski definition) is 4. The minimum Gasteiger partial charge on any atom is -0.320 e. The maximum absolute atomic E-state index is 6.05. The topological polar surface area (TPSA) is 64.7 Å². The van der Waals surface area contributed by atoms with Gasteiger partial charge in [-0.3, -0.25) is 0 Å². The number of rotatable bonds is 2. The van der Waals surface area contributed by atoms with Crippen LogP contribution in [0.3, 0.4) is 0 Å². The van der Waals surface area contributed by atoms with Gasteiger partial charge >= 0.3 is 0 Å². The van der Waals surface area contributed by atoms with Gasteiger partial charge in [0.2, 0.25) is 0 Å². The maximum atomic E-state index is 6.05. The lowest BCUT2D eigenvalue weighted by Gasteiger charge is -2.27. The van der Waals surface area contributed by atoms with E-state index in [4.69, 9.17) is 5.73 Å². The monoisotopic (exact) mass is 166 g/mol. The van der Waals surface area contributed by atoms with Gasteiger partial charge in [-0.1, -0.05) is 13.8 Å². The summed E-state index contributed by atoms with van der Waals surface area (Å²) in [4.78, 5) is 0. The molecule has 2 N–H and O–H groups in total. The molecule has 1 atom stereocenters. The maximum Gasteiger partial charge on any atom is 0.0863 e. The predicted molar refractivity (Wildman–Crippen MR) is 46.2 cm³/mol. The van der Waals surface area contributed by atoms with Crippen LogP contribution in [-0.4, -0.2) is 15.4 Å². The van der Waals surface area contributed by atoms with Gasteiger partial charge in [-0.15, -0.1) is 10.2 Å². The second kappa shape index (κ2) is 3.15. The molecule has 66 valence electrons. The van der Waals surface area contributed by atoms with Crippen LogP contribution in [0, 0.1) is 5.92 Å². The Hall–Kier alpha value is -1.03. The largest absolute Gasteiger partial charge is 0.320 e. The van der Waals surface area contributed by atoms with Crippen LogP contribution in [0.25, 0.3) is 0 Å². The lowest BCUT2D eigenvalue weighted by Crippen LogP contribution is -2.39. The van der Waals surface area contributed by atoms with E-state index in [1.165, 1.54) is 0 Å². The summed E-state index contributed by atoms with van der Waals surface area (Å²) in [5.41, 5.74) is 6.41. The molecule has 0 aliphatic heterocycles. The van der Waals surface area contributed by atoms with Gasteiger partial charge in [-0.05, 0) is 24.1 Å². The Labute approximate surface area is 72.2 Å². The van der Waals surface area contributed by atoms with Crippen molar-refractivity contribution in [1.29, 1.82) is 0 Å². The lowest BCUT2D eigenvalue weighted by atomic mass is 9.86. The van der Waals surface area contributed by atoms with Gasteiger partial charge in [0.05, 0.1) is 17.4 Å². The van der Waals surface area contributed by atoms with Crippen molar-refractivity contribution < 1.29 is 0 Å². The first-order chi connectivity index (χ1) is 5.55. The molecule has 0 fully saturated rings. The van der Waals surface area contributed by atoms with E-state index in [2.05, 4.69) is 29.3 Å². The molecule has 4 nitrogen and oxygen atoms in total. The molecule has 1 aromatic rings. The third kappa shape index (κ3) is 1.58. The average Bonchev–Trinajstić information content (AvgIpc) is 2.06. The smallest absolute Gasteiger partial charge is 0.0863 e. The SMILES string of the molecule is CC(C)C(C)(N)c1ccnnn1. The molecular formula is C8H14N4. The van der Waals surface area contributed by atoms with Crippen molar-refractivity contribution in [3.05, 3.63) is 18.0 Å². The Balaban J connectivity index is 2.98. The molecule has 1 aromatic heterocycles. The van der Waals surface area contributed by atoms with Crippen molar-refractivity contribution in [3.63, 3.8) is 0 Å². The summed E-state index contributed by atoms with van der Waals surface area (Å²) in [5, 5.41) is 11.0. The van der Waals surface area contributed by atoms with Crippen molar-refractivity contribution in [3.8, 4) is 0 Å². The van der Waals surface area contributed by atoms with Gasteiger partial charge in [0.1, 0.15) is 0 Å². The Morgan fingerprint density at radius 2 is 2.17 bits per heavy atom. The van der Waals surface area contributed by atoms with Crippen molar-refractivity contribution >= 4 is 0 Å². The Kier molecular flexibility index (Phi) is 2.38. The van der Waals surface area contributed by atoms with Crippen molar-refractivity contribution in [2.24, 2.45) is 11.7 Å². The van der Waals surface area contributed by atoms with E-state index < -0.39 is 5.54 Å². The Morgan fingerprint density at radius 1 is 1.50 bits per heavy atom. The molecule has 4 heteroatoms. The molecule has 0 spiro atoms. The molecule has 12 heavy (non-hydrogen) atoms. The lowest BCUT2D eigenvalue weighted by molar-refractivity contribution is 0.336.